The van der Waals surface area contributed by atoms with Crippen molar-refractivity contribution in [1.29, 1.82) is 0 Å². The number of hydrogen-bond acceptors (Lipinski definition) is 4. The van der Waals surface area contributed by atoms with Gasteiger partial charge in [-0.15, -0.1) is 0 Å². The van der Waals surface area contributed by atoms with Crippen molar-refractivity contribution in [2.45, 2.75) is 31.6 Å². The maximum atomic E-state index is 12.7. The largest absolute Gasteiger partial charge is 0.359 e. The van der Waals surface area contributed by atoms with Crippen LogP contribution in [0.3, 0.4) is 0 Å². The highest BCUT2D eigenvalue weighted by molar-refractivity contribution is 7.88. The van der Waals surface area contributed by atoms with Gasteiger partial charge in [-0.1, -0.05) is 35.5 Å². The molecular weight excluding hydrogens is 288 g/mol. The molecule has 112 valence electrons. The molecule has 0 aliphatic carbocycles. The van der Waals surface area contributed by atoms with E-state index < -0.39 is 10.0 Å². The third kappa shape index (κ3) is 3.01. The molecule has 1 aliphatic rings. The van der Waals surface area contributed by atoms with Gasteiger partial charge in [0, 0.05) is 12.6 Å². The monoisotopic (exact) mass is 306 g/mol. The second-order valence-electron chi connectivity index (χ2n) is 5.38. The van der Waals surface area contributed by atoms with Gasteiger partial charge in [0.25, 0.3) is 0 Å². The highest BCUT2D eigenvalue weighted by Gasteiger charge is 2.37. The number of hydrogen-bond donors (Lipinski definition) is 0. The lowest BCUT2D eigenvalue weighted by atomic mass is 10.2. The lowest BCUT2D eigenvalue weighted by Gasteiger charge is -2.22. The molecule has 2 heterocycles. The summed E-state index contributed by atoms with van der Waals surface area (Å²) in [5, 5.41) is 3.87. The molecule has 1 aromatic heterocycles. The molecule has 1 fully saturated rings. The van der Waals surface area contributed by atoms with Crippen LogP contribution in [-0.4, -0.2) is 24.4 Å². The average molecular weight is 306 g/mol. The summed E-state index contributed by atoms with van der Waals surface area (Å²) in [4.78, 5) is 0. The van der Waals surface area contributed by atoms with E-state index in [4.69, 9.17) is 4.52 Å². The summed E-state index contributed by atoms with van der Waals surface area (Å²) in [7, 11) is -3.36. The van der Waals surface area contributed by atoms with Gasteiger partial charge in [0.2, 0.25) is 10.0 Å². The van der Waals surface area contributed by atoms with E-state index in [9.17, 15) is 8.42 Å². The third-order valence-electron chi connectivity index (χ3n) is 3.73. The van der Waals surface area contributed by atoms with Gasteiger partial charge in [-0.3, -0.25) is 0 Å². The minimum atomic E-state index is -3.36. The van der Waals surface area contributed by atoms with E-state index in [1.54, 1.807) is 4.31 Å². The standard InChI is InChI=1S/C15H18N2O3S/c1-12-10-15(20-16-12)14-8-5-9-17(14)21(18,19)11-13-6-3-2-4-7-13/h2-4,6-7,10,14H,5,8-9,11H2,1H3/t14-/m1/s1. The first-order valence-electron chi connectivity index (χ1n) is 7.03. The first kappa shape index (κ1) is 14.3. The number of nitrogens with zero attached hydrogens (tertiary/aromatic N) is 2. The Morgan fingerprint density at radius 1 is 1.33 bits per heavy atom. The fourth-order valence-electron chi connectivity index (χ4n) is 2.77. The zero-order chi connectivity index (χ0) is 14.9. The first-order chi connectivity index (χ1) is 10.1. The van der Waals surface area contributed by atoms with Gasteiger partial charge in [-0.05, 0) is 25.3 Å². The molecule has 1 aromatic carbocycles. The first-order valence-corrected chi connectivity index (χ1v) is 8.64. The Kier molecular flexibility index (Phi) is 3.82. The van der Waals surface area contributed by atoms with E-state index in [2.05, 4.69) is 5.16 Å². The number of aryl methyl sites for hydroxylation is 1. The summed E-state index contributed by atoms with van der Waals surface area (Å²) in [6.07, 6.45) is 1.63. The maximum Gasteiger partial charge on any atom is 0.218 e. The van der Waals surface area contributed by atoms with Crippen molar-refractivity contribution in [3.63, 3.8) is 0 Å². The number of sulfonamides is 1. The lowest BCUT2D eigenvalue weighted by molar-refractivity contribution is 0.297. The SMILES string of the molecule is Cc1cc([C@H]2CCCN2S(=O)(=O)Cc2ccccc2)on1. The number of benzene rings is 1. The molecule has 0 saturated carbocycles. The Labute approximate surface area is 124 Å². The predicted molar refractivity (Wildman–Crippen MR) is 79.0 cm³/mol. The molecule has 6 heteroatoms. The van der Waals surface area contributed by atoms with Crippen LogP contribution in [0.5, 0.6) is 0 Å². The quantitative estimate of drug-likeness (QED) is 0.871. The molecule has 1 saturated heterocycles. The van der Waals surface area contributed by atoms with Crippen molar-refractivity contribution < 1.29 is 12.9 Å². The summed E-state index contributed by atoms with van der Waals surface area (Å²) in [5.41, 5.74) is 1.58. The van der Waals surface area contributed by atoms with Gasteiger partial charge >= 0.3 is 0 Å². The van der Waals surface area contributed by atoms with Gasteiger partial charge in [-0.2, -0.15) is 4.31 Å². The van der Waals surface area contributed by atoms with Crippen LogP contribution in [-0.2, 0) is 15.8 Å². The molecule has 1 aliphatic heterocycles. The van der Waals surface area contributed by atoms with Crippen LogP contribution < -0.4 is 0 Å². The number of aromatic nitrogens is 1. The summed E-state index contributed by atoms with van der Waals surface area (Å²) in [6, 6.07) is 10.9. The second-order valence-corrected chi connectivity index (χ2v) is 7.30. The molecule has 5 nitrogen and oxygen atoms in total. The zero-order valence-corrected chi connectivity index (χ0v) is 12.7. The topological polar surface area (TPSA) is 63.4 Å². The van der Waals surface area contributed by atoms with Crippen LogP contribution in [0.15, 0.2) is 40.9 Å². The van der Waals surface area contributed by atoms with Crippen molar-refractivity contribution >= 4 is 10.0 Å². The van der Waals surface area contributed by atoms with E-state index in [0.29, 0.717) is 12.3 Å². The third-order valence-corrected chi connectivity index (χ3v) is 5.58. The van der Waals surface area contributed by atoms with E-state index >= 15 is 0 Å². The molecule has 0 bridgehead atoms. The molecule has 0 unspecified atom stereocenters. The van der Waals surface area contributed by atoms with Gasteiger partial charge in [0.1, 0.15) is 0 Å². The lowest BCUT2D eigenvalue weighted by Crippen LogP contribution is -2.31. The van der Waals surface area contributed by atoms with E-state index in [1.807, 2.05) is 43.3 Å². The van der Waals surface area contributed by atoms with Crippen LogP contribution in [0.4, 0.5) is 0 Å². The van der Waals surface area contributed by atoms with Crippen LogP contribution in [0.25, 0.3) is 0 Å². The molecule has 0 spiro atoms. The molecule has 3 rings (SSSR count). The summed E-state index contributed by atoms with van der Waals surface area (Å²) >= 11 is 0. The summed E-state index contributed by atoms with van der Waals surface area (Å²) in [5.74, 6) is 0.666. The zero-order valence-electron chi connectivity index (χ0n) is 11.9. The van der Waals surface area contributed by atoms with Crippen LogP contribution in [0.1, 0.15) is 35.9 Å². The van der Waals surface area contributed by atoms with Gasteiger partial charge in [-0.25, -0.2) is 8.42 Å². The smallest absolute Gasteiger partial charge is 0.218 e. The Balaban J connectivity index is 1.84. The highest BCUT2D eigenvalue weighted by atomic mass is 32.2. The van der Waals surface area contributed by atoms with Crippen molar-refractivity contribution in [3.8, 4) is 0 Å². The van der Waals surface area contributed by atoms with Crippen molar-refractivity contribution in [1.82, 2.24) is 9.46 Å². The molecular formula is C15H18N2O3S. The van der Waals surface area contributed by atoms with E-state index in [-0.39, 0.29) is 11.8 Å². The van der Waals surface area contributed by atoms with E-state index in [1.165, 1.54) is 0 Å². The summed E-state index contributed by atoms with van der Waals surface area (Å²) < 4.78 is 32.1. The average Bonchev–Trinajstić information content (AvgIpc) is 3.07. The Bertz CT molecular complexity index is 710. The van der Waals surface area contributed by atoms with Crippen LogP contribution in [0.2, 0.25) is 0 Å². The molecule has 1 atom stereocenters. The number of rotatable bonds is 4. The van der Waals surface area contributed by atoms with Gasteiger partial charge in [0.05, 0.1) is 17.5 Å². The fraction of sp³-hybridized carbons (Fsp3) is 0.400. The van der Waals surface area contributed by atoms with Crippen molar-refractivity contribution in [2.24, 2.45) is 0 Å². The molecule has 2 aromatic rings. The van der Waals surface area contributed by atoms with Gasteiger partial charge < -0.3 is 4.52 Å². The van der Waals surface area contributed by atoms with Crippen LogP contribution >= 0.6 is 0 Å². The Morgan fingerprint density at radius 2 is 2.10 bits per heavy atom. The Hall–Kier alpha value is -1.66. The fourth-order valence-corrected chi connectivity index (χ4v) is 4.55. The second kappa shape index (κ2) is 5.61. The Morgan fingerprint density at radius 3 is 2.76 bits per heavy atom. The predicted octanol–water partition coefficient (Wildman–Crippen LogP) is 2.65. The molecule has 0 amide bonds. The van der Waals surface area contributed by atoms with Crippen molar-refractivity contribution in [2.75, 3.05) is 6.54 Å². The maximum absolute atomic E-state index is 12.7. The van der Waals surface area contributed by atoms with Crippen molar-refractivity contribution in [3.05, 3.63) is 53.4 Å². The molecule has 0 radical (unpaired) electrons. The minimum absolute atomic E-state index is 0.0253. The summed E-state index contributed by atoms with van der Waals surface area (Å²) in [6.45, 7) is 2.38. The van der Waals surface area contributed by atoms with E-state index in [0.717, 1.165) is 24.1 Å². The normalized spacial score (nSPS) is 20.0. The van der Waals surface area contributed by atoms with Crippen LogP contribution in [0, 0.1) is 6.92 Å². The molecule has 21 heavy (non-hydrogen) atoms. The van der Waals surface area contributed by atoms with Gasteiger partial charge in [0.15, 0.2) is 5.76 Å². The minimum Gasteiger partial charge on any atom is -0.359 e. The molecule has 0 N–H and O–H groups in total. The highest BCUT2D eigenvalue weighted by Crippen LogP contribution is 2.35.